The van der Waals surface area contributed by atoms with E-state index in [0.29, 0.717) is 28.7 Å². The van der Waals surface area contributed by atoms with Gasteiger partial charge in [0.15, 0.2) is 0 Å². The molecule has 208 valence electrons. The third kappa shape index (κ3) is 6.44. The van der Waals surface area contributed by atoms with Crippen LogP contribution >= 0.6 is 0 Å². The molecule has 0 aliphatic heterocycles. The van der Waals surface area contributed by atoms with Crippen LogP contribution in [0.4, 0.5) is 4.39 Å². The number of halogens is 1. The van der Waals surface area contributed by atoms with E-state index in [0.717, 1.165) is 6.42 Å². The van der Waals surface area contributed by atoms with Crippen LogP contribution in [0.25, 0.3) is 12.2 Å². The normalized spacial score (nSPS) is 13.1. The summed E-state index contributed by atoms with van der Waals surface area (Å²) in [6.07, 6.45) is 7.65. The number of nitrogens with zero attached hydrogens (tertiary/aromatic N) is 2. The van der Waals surface area contributed by atoms with Crippen molar-refractivity contribution in [1.29, 1.82) is 0 Å². The molecule has 0 aliphatic carbocycles. The molecule has 0 saturated heterocycles. The first-order chi connectivity index (χ1) is 19.8. The Balaban J connectivity index is 1.42. The van der Waals surface area contributed by atoms with Crippen molar-refractivity contribution in [2.24, 2.45) is 0 Å². The maximum Gasteiger partial charge on any atom is 0.272 e. The predicted molar refractivity (Wildman–Crippen MR) is 158 cm³/mol. The lowest BCUT2D eigenvalue weighted by Crippen LogP contribution is -2.46. The van der Waals surface area contributed by atoms with E-state index in [-0.39, 0.29) is 22.6 Å². The molecule has 3 aromatic carbocycles. The Labute approximate surface area is 236 Å². The Bertz CT molecular complexity index is 1900. The monoisotopic (exact) mass is 550 g/mol. The average molecular weight is 551 g/mol. The fourth-order valence-electron chi connectivity index (χ4n) is 4.85. The fourth-order valence-corrected chi connectivity index (χ4v) is 4.85. The topological polar surface area (TPSA) is 92.8 Å². The number of H-pyrrole nitrogens is 2. The van der Waals surface area contributed by atoms with Crippen molar-refractivity contribution in [3.63, 3.8) is 0 Å². The van der Waals surface area contributed by atoms with E-state index in [9.17, 15) is 14.0 Å². The third-order valence-electron chi connectivity index (χ3n) is 6.84. The molecule has 0 fully saturated rings. The molecule has 7 nitrogen and oxygen atoms in total. The molecule has 0 spiro atoms. The van der Waals surface area contributed by atoms with E-state index in [1.54, 1.807) is 42.7 Å². The zero-order valence-corrected chi connectivity index (χ0v) is 23.1. The van der Waals surface area contributed by atoms with Gasteiger partial charge >= 0.3 is 0 Å². The summed E-state index contributed by atoms with van der Waals surface area (Å²) in [5, 5.41) is 0.217. The van der Waals surface area contributed by atoms with Gasteiger partial charge in [0.05, 0.1) is 18.1 Å². The molecule has 41 heavy (non-hydrogen) atoms. The standard InChI is InChI=1S/C33H31FN4O3/c1-4-31(28-11-6-5-10-27(28)21(2)3)38-19-24(35-20-38)18-30-33(40)36-29(32(39)37-30)17-22-8-7-9-26(16-22)41-25-14-12-23(34)13-15-25/h5-21,31H,4H2,1-3H3,(H,36,40)(H,37,39)/b29-17-,30-18-. The molecule has 1 atom stereocenters. The van der Waals surface area contributed by atoms with Crippen LogP contribution in [-0.2, 0) is 0 Å². The van der Waals surface area contributed by atoms with Gasteiger partial charge < -0.3 is 19.3 Å². The van der Waals surface area contributed by atoms with Gasteiger partial charge in [0, 0.05) is 6.20 Å². The summed E-state index contributed by atoms with van der Waals surface area (Å²) in [7, 11) is 0. The molecule has 0 saturated carbocycles. The van der Waals surface area contributed by atoms with Gasteiger partial charge in [-0.15, -0.1) is 0 Å². The van der Waals surface area contributed by atoms with Gasteiger partial charge in [-0.3, -0.25) is 9.59 Å². The molecule has 2 N–H and O–H groups in total. The number of imidazole rings is 1. The summed E-state index contributed by atoms with van der Waals surface area (Å²) in [5.41, 5.74) is 2.85. The van der Waals surface area contributed by atoms with E-state index in [2.05, 4.69) is 53.9 Å². The van der Waals surface area contributed by atoms with Gasteiger partial charge in [-0.2, -0.15) is 0 Å². The lowest BCUT2D eigenvalue weighted by atomic mass is 9.91. The minimum atomic E-state index is -0.447. The molecule has 2 heterocycles. The van der Waals surface area contributed by atoms with Gasteiger partial charge in [0.1, 0.15) is 28.0 Å². The summed E-state index contributed by atoms with van der Waals surface area (Å²) in [6, 6.07) is 21.2. The zero-order chi connectivity index (χ0) is 28.9. The Kier molecular flexibility index (Phi) is 8.10. The van der Waals surface area contributed by atoms with E-state index in [4.69, 9.17) is 4.74 Å². The third-order valence-corrected chi connectivity index (χ3v) is 6.84. The van der Waals surface area contributed by atoms with E-state index in [1.165, 1.54) is 35.4 Å². The number of hydrogen-bond donors (Lipinski definition) is 2. The van der Waals surface area contributed by atoms with Gasteiger partial charge in [0.2, 0.25) is 0 Å². The van der Waals surface area contributed by atoms with Crippen molar-refractivity contribution in [3.8, 4) is 11.5 Å². The van der Waals surface area contributed by atoms with Gasteiger partial charge in [-0.1, -0.05) is 57.2 Å². The molecular weight excluding hydrogens is 519 g/mol. The van der Waals surface area contributed by atoms with Crippen molar-refractivity contribution in [2.45, 2.75) is 39.2 Å². The predicted octanol–water partition coefficient (Wildman–Crippen LogP) is 4.97. The summed E-state index contributed by atoms with van der Waals surface area (Å²) in [5.74, 6) is 1.02. The zero-order valence-electron chi connectivity index (χ0n) is 23.1. The Morgan fingerprint density at radius 1 is 0.878 bits per heavy atom. The highest BCUT2D eigenvalue weighted by atomic mass is 19.1. The summed E-state index contributed by atoms with van der Waals surface area (Å²) in [4.78, 5) is 35.6. The highest BCUT2D eigenvalue weighted by molar-refractivity contribution is 5.51. The number of rotatable bonds is 8. The quantitative estimate of drug-likeness (QED) is 0.285. The lowest BCUT2D eigenvalue weighted by molar-refractivity contribution is 0.480. The summed E-state index contributed by atoms with van der Waals surface area (Å²) in [6.45, 7) is 6.49. The van der Waals surface area contributed by atoms with Gasteiger partial charge in [0.25, 0.3) is 11.1 Å². The summed E-state index contributed by atoms with van der Waals surface area (Å²) >= 11 is 0. The first-order valence-corrected chi connectivity index (χ1v) is 13.5. The number of nitrogens with one attached hydrogen (secondary N) is 2. The Hall–Kier alpha value is -4.98. The lowest BCUT2D eigenvalue weighted by Gasteiger charge is -2.22. The molecule has 0 radical (unpaired) electrons. The number of hydrogen-bond acceptors (Lipinski definition) is 4. The van der Waals surface area contributed by atoms with Crippen LogP contribution < -0.4 is 26.6 Å². The van der Waals surface area contributed by atoms with Crippen molar-refractivity contribution in [1.82, 2.24) is 19.5 Å². The second-order valence-corrected chi connectivity index (χ2v) is 10.1. The molecule has 0 aliphatic rings. The fraction of sp³-hybridized carbons (Fsp3) is 0.182. The second-order valence-electron chi connectivity index (χ2n) is 10.1. The minimum Gasteiger partial charge on any atom is -0.457 e. The summed E-state index contributed by atoms with van der Waals surface area (Å²) < 4.78 is 21.0. The Morgan fingerprint density at radius 2 is 1.56 bits per heavy atom. The van der Waals surface area contributed by atoms with Gasteiger partial charge in [-0.05, 0) is 77.6 Å². The first kappa shape index (κ1) is 27.6. The van der Waals surface area contributed by atoms with Crippen LogP contribution in [-0.4, -0.2) is 19.5 Å². The molecule has 5 rings (SSSR count). The van der Waals surface area contributed by atoms with Crippen molar-refractivity contribution < 1.29 is 9.13 Å². The largest absolute Gasteiger partial charge is 0.457 e. The highest BCUT2D eigenvalue weighted by Crippen LogP contribution is 2.30. The van der Waals surface area contributed by atoms with Crippen LogP contribution in [0.5, 0.6) is 11.5 Å². The van der Waals surface area contributed by atoms with Crippen LogP contribution in [0.2, 0.25) is 0 Å². The molecule has 5 aromatic rings. The number of ether oxygens (including phenoxy) is 1. The number of aromatic nitrogens is 4. The maximum atomic E-state index is 13.2. The van der Waals surface area contributed by atoms with Crippen LogP contribution in [0.3, 0.4) is 0 Å². The number of aromatic amines is 2. The SMILES string of the molecule is CCC(c1ccccc1C(C)C)n1cnc(/C=c2\[nH]c(=O)/c(=C/c3cccc(Oc4ccc(F)cc4)c3)[nH]c2=O)c1. The van der Waals surface area contributed by atoms with Crippen molar-refractivity contribution >= 4 is 12.2 Å². The Morgan fingerprint density at radius 3 is 2.24 bits per heavy atom. The molecule has 0 bridgehead atoms. The molecule has 8 heteroatoms. The first-order valence-electron chi connectivity index (χ1n) is 13.5. The van der Waals surface area contributed by atoms with Crippen LogP contribution in [0.15, 0.2) is 94.9 Å². The molecule has 0 amide bonds. The van der Waals surface area contributed by atoms with E-state index in [1.807, 2.05) is 16.8 Å². The smallest absolute Gasteiger partial charge is 0.272 e. The van der Waals surface area contributed by atoms with E-state index >= 15 is 0 Å². The second kappa shape index (κ2) is 12.0. The highest BCUT2D eigenvalue weighted by Gasteiger charge is 2.17. The number of benzene rings is 3. The van der Waals surface area contributed by atoms with Crippen LogP contribution in [0, 0.1) is 5.82 Å². The minimum absolute atomic E-state index is 0.0976. The molecular formula is C33H31FN4O3. The maximum absolute atomic E-state index is 13.2. The average Bonchev–Trinajstić information content (AvgIpc) is 3.41. The molecule has 1 unspecified atom stereocenters. The van der Waals surface area contributed by atoms with E-state index < -0.39 is 11.1 Å². The van der Waals surface area contributed by atoms with Crippen molar-refractivity contribution in [3.05, 3.63) is 145 Å². The van der Waals surface area contributed by atoms with Crippen molar-refractivity contribution in [2.75, 3.05) is 0 Å². The van der Waals surface area contributed by atoms with Gasteiger partial charge in [-0.25, -0.2) is 9.37 Å². The van der Waals surface area contributed by atoms with Crippen LogP contribution in [0.1, 0.15) is 61.5 Å². The molecule has 2 aromatic heterocycles.